The van der Waals surface area contributed by atoms with Gasteiger partial charge in [0.15, 0.2) is 5.78 Å². The van der Waals surface area contributed by atoms with Crippen molar-refractivity contribution in [1.29, 1.82) is 0 Å². The summed E-state index contributed by atoms with van der Waals surface area (Å²) in [6, 6.07) is 6.05. The van der Waals surface area contributed by atoms with Gasteiger partial charge in [0, 0.05) is 6.42 Å². The molecule has 0 aromatic heterocycles. The molecule has 0 heterocycles. The quantitative estimate of drug-likeness (QED) is 0.676. The fourth-order valence-corrected chi connectivity index (χ4v) is 1.35. The van der Waals surface area contributed by atoms with E-state index in [4.69, 9.17) is 9.84 Å². The van der Waals surface area contributed by atoms with Crippen molar-refractivity contribution in [1.82, 2.24) is 0 Å². The highest BCUT2D eigenvalue weighted by molar-refractivity contribution is 5.87. The second-order valence-electron chi connectivity index (χ2n) is 3.95. The summed E-state index contributed by atoms with van der Waals surface area (Å²) >= 11 is 0. The lowest BCUT2D eigenvalue weighted by Crippen LogP contribution is -2.54. The Morgan fingerprint density at radius 3 is 2.26 bits per heavy atom. The van der Waals surface area contributed by atoms with E-state index in [2.05, 4.69) is 5.73 Å². The van der Waals surface area contributed by atoms with Crippen LogP contribution in [0.1, 0.15) is 28.8 Å². The first-order valence-electron chi connectivity index (χ1n) is 5.81. The fraction of sp³-hybridized carbons (Fsp3) is 0.308. The monoisotopic (exact) mass is 266 g/mol. The predicted molar refractivity (Wildman–Crippen MR) is 65.2 cm³/mol. The van der Waals surface area contributed by atoms with E-state index in [1.54, 1.807) is 12.1 Å². The van der Waals surface area contributed by atoms with Crippen LogP contribution in [0.5, 0.6) is 0 Å². The van der Waals surface area contributed by atoms with Crippen molar-refractivity contribution in [3.63, 3.8) is 0 Å². The average molecular weight is 266 g/mol. The van der Waals surface area contributed by atoms with E-state index in [0.29, 0.717) is 5.56 Å². The van der Waals surface area contributed by atoms with Crippen LogP contribution in [0.4, 0.5) is 0 Å². The number of rotatable bonds is 7. The molecule has 0 saturated heterocycles. The lowest BCUT2D eigenvalue weighted by atomic mass is 10.1. The van der Waals surface area contributed by atoms with Crippen molar-refractivity contribution < 1.29 is 30.0 Å². The Morgan fingerprint density at radius 1 is 1.11 bits per heavy atom. The predicted octanol–water partition coefficient (Wildman–Crippen LogP) is 0.0192. The number of ketones is 1. The summed E-state index contributed by atoms with van der Waals surface area (Å²) in [6.07, 6.45) is 0.182. The SMILES string of the molecule is [NH3+]CC(=O)CCC(=O)OCc1ccc(C(=O)O)cc1. The molecule has 0 bridgehead atoms. The van der Waals surface area contributed by atoms with Crippen LogP contribution in [0.25, 0.3) is 0 Å². The lowest BCUT2D eigenvalue weighted by molar-refractivity contribution is -0.354. The van der Waals surface area contributed by atoms with Crippen molar-refractivity contribution in [2.75, 3.05) is 6.54 Å². The molecule has 0 amide bonds. The second kappa shape index (κ2) is 7.27. The molecule has 0 spiro atoms. The van der Waals surface area contributed by atoms with Crippen molar-refractivity contribution in [2.24, 2.45) is 0 Å². The molecule has 1 aromatic rings. The molecule has 0 aliphatic heterocycles. The normalized spacial score (nSPS) is 9.95. The Morgan fingerprint density at radius 2 is 1.74 bits per heavy atom. The lowest BCUT2D eigenvalue weighted by Gasteiger charge is -2.04. The van der Waals surface area contributed by atoms with E-state index >= 15 is 0 Å². The summed E-state index contributed by atoms with van der Waals surface area (Å²) < 4.78 is 4.96. The minimum atomic E-state index is -1.00. The number of Topliss-reactive ketones (excluding diaryl/α,β-unsaturated/α-hetero) is 1. The van der Waals surface area contributed by atoms with Crippen LogP contribution in [-0.4, -0.2) is 29.4 Å². The topological polar surface area (TPSA) is 108 Å². The van der Waals surface area contributed by atoms with Gasteiger partial charge in [0.2, 0.25) is 0 Å². The zero-order valence-electron chi connectivity index (χ0n) is 10.4. The maximum atomic E-state index is 11.3. The maximum Gasteiger partial charge on any atom is 0.335 e. The number of benzene rings is 1. The molecule has 1 aromatic carbocycles. The number of hydrogen-bond donors (Lipinski definition) is 2. The molecule has 0 radical (unpaired) electrons. The van der Waals surface area contributed by atoms with Gasteiger partial charge in [0.25, 0.3) is 0 Å². The van der Waals surface area contributed by atoms with E-state index in [9.17, 15) is 14.4 Å². The number of carbonyl (C=O) groups is 3. The number of carboxylic acids is 1. The van der Waals surface area contributed by atoms with Gasteiger partial charge in [-0.2, -0.15) is 0 Å². The van der Waals surface area contributed by atoms with Crippen molar-refractivity contribution in [2.45, 2.75) is 19.4 Å². The van der Waals surface area contributed by atoms with Gasteiger partial charge in [0.05, 0.1) is 12.0 Å². The van der Waals surface area contributed by atoms with Crippen LogP contribution in [0, 0.1) is 0 Å². The Hall–Kier alpha value is -2.21. The van der Waals surface area contributed by atoms with Crippen molar-refractivity contribution in [3.8, 4) is 0 Å². The maximum absolute atomic E-state index is 11.3. The van der Waals surface area contributed by atoms with E-state index in [1.807, 2.05) is 0 Å². The number of esters is 1. The van der Waals surface area contributed by atoms with E-state index in [-0.39, 0.29) is 37.3 Å². The molecule has 1 rings (SSSR count). The van der Waals surface area contributed by atoms with E-state index < -0.39 is 11.9 Å². The molecule has 102 valence electrons. The third kappa shape index (κ3) is 5.31. The molecule has 6 nitrogen and oxygen atoms in total. The van der Waals surface area contributed by atoms with Gasteiger partial charge in [-0.15, -0.1) is 0 Å². The molecule has 0 fully saturated rings. The van der Waals surface area contributed by atoms with Crippen LogP contribution >= 0.6 is 0 Å². The summed E-state index contributed by atoms with van der Waals surface area (Å²) in [4.78, 5) is 32.9. The largest absolute Gasteiger partial charge is 0.478 e. The number of carbonyl (C=O) groups excluding carboxylic acids is 2. The first kappa shape index (κ1) is 14.8. The first-order chi connectivity index (χ1) is 9.02. The highest BCUT2D eigenvalue weighted by Gasteiger charge is 2.08. The Bertz CT molecular complexity index is 466. The standard InChI is InChI=1S/C13H15NO5/c14-7-11(15)5-6-12(16)19-8-9-1-3-10(4-2-9)13(17)18/h1-4H,5-8,14H2,(H,17,18)/p+1. The zero-order chi connectivity index (χ0) is 14.3. The molecular weight excluding hydrogens is 250 g/mol. The van der Waals surface area contributed by atoms with Gasteiger partial charge in [-0.05, 0) is 17.7 Å². The fourth-order valence-electron chi connectivity index (χ4n) is 1.35. The Kier molecular flexibility index (Phi) is 5.69. The summed E-state index contributed by atoms with van der Waals surface area (Å²) in [5.41, 5.74) is 4.30. The van der Waals surface area contributed by atoms with Crippen molar-refractivity contribution >= 4 is 17.7 Å². The number of ether oxygens (including phenoxy) is 1. The average Bonchev–Trinajstić information content (AvgIpc) is 2.42. The highest BCUT2D eigenvalue weighted by Crippen LogP contribution is 2.06. The van der Waals surface area contributed by atoms with Crippen LogP contribution in [0.15, 0.2) is 24.3 Å². The molecular formula is C13H16NO5+. The minimum absolute atomic E-state index is 0.0432. The van der Waals surface area contributed by atoms with Crippen LogP contribution in [0.3, 0.4) is 0 Å². The first-order valence-corrected chi connectivity index (χ1v) is 5.81. The Labute approximate surface area is 110 Å². The van der Waals surface area contributed by atoms with Gasteiger partial charge in [0.1, 0.15) is 13.2 Å². The molecule has 0 unspecified atom stereocenters. The van der Waals surface area contributed by atoms with Crippen LogP contribution in [0.2, 0.25) is 0 Å². The van der Waals surface area contributed by atoms with E-state index in [1.165, 1.54) is 12.1 Å². The smallest absolute Gasteiger partial charge is 0.335 e. The molecule has 0 atom stereocenters. The van der Waals surface area contributed by atoms with Gasteiger partial charge in [-0.25, -0.2) is 4.79 Å². The third-order valence-electron chi connectivity index (χ3n) is 2.49. The van der Waals surface area contributed by atoms with Gasteiger partial charge < -0.3 is 15.6 Å². The van der Waals surface area contributed by atoms with E-state index in [0.717, 1.165) is 0 Å². The molecule has 0 saturated carbocycles. The minimum Gasteiger partial charge on any atom is -0.478 e. The van der Waals surface area contributed by atoms with Gasteiger partial charge >= 0.3 is 11.9 Å². The zero-order valence-corrected chi connectivity index (χ0v) is 10.4. The second-order valence-corrected chi connectivity index (χ2v) is 3.95. The third-order valence-corrected chi connectivity index (χ3v) is 2.49. The highest BCUT2D eigenvalue weighted by atomic mass is 16.5. The molecule has 19 heavy (non-hydrogen) atoms. The molecule has 0 aliphatic rings. The summed E-state index contributed by atoms with van der Waals surface area (Å²) in [7, 11) is 0. The molecule has 6 heteroatoms. The van der Waals surface area contributed by atoms with Gasteiger partial charge in [-0.3, -0.25) is 9.59 Å². The number of hydrogen-bond acceptors (Lipinski definition) is 4. The van der Waals surface area contributed by atoms with Gasteiger partial charge in [-0.1, -0.05) is 12.1 Å². The molecule has 4 N–H and O–H groups in total. The summed E-state index contributed by atoms with van der Waals surface area (Å²) in [5.74, 6) is -1.54. The summed E-state index contributed by atoms with van der Waals surface area (Å²) in [6.45, 7) is 0.237. The van der Waals surface area contributed by atoms with Crippen LogP contribution in [-0.2, 0) is 20.9 Å². The number of carboxylic acid groups (broad SMARTS) is 1. The van der Waals surface area contributed by atoms with Crippen LogP contribution < -0.4 is 5.73 Å². The van der Waals surface area contributed by atoms with Crippen molar-refractivity contribution in [3.05, 3.63) is 35.4 Å². The summed E-state index contributed by atoms with van der Waals surface area (Å²) in [5, 5.41) is 8.72. The number of aromatic carboxylic acids is 1. The number of quaternary nitrogens is 1. The Balaban J connectivity index is 2.37. The molecule has 0 aliphatic carbocycles.